The predicted molar refractivity (Wildman–Crippen MR) is 217 cm³/mol. The number of nitrogens with one attached hydrogen (secondary N) is 2. The summed E-state index contributed by atoms with van der Waals surface area (Å²) < 4.78 is 10.6. The molecule has 2 saturated heterocycles. The fourth-order valence-electron chi connectivity index (χ4n) is 7.24. The second kappa shape index (κ2) is 20.9. The molecule has 0 radical (unpaired) electrons. The summed E-state index contributed by atoms with van der Waals surface area (Å²) in [4.78, 5) is 53.4. The first kappa shape index (κ1) is 40.0. The van der Waals surface area contributed by atoms with Crippen LogP contribution < -0.4 is 10.6 Å². The van der Waals surface area contributed by atoms with E-state index in [9.17, 15) is 19.2 Å². The Labute approximate surface area is 330 Å². The Morgan fingerprint density at radius 3 is 1.20 bits per heavy atom. The average molecular weight is 759 g/mol. The van der Waals surface area contributed by atoms with Crippen molar-refractivity contribution in [3.8, 4) is 22.3 Å². The first-order chi connectivity index (χ1) is 27.4. The number of benzene rings is 4. The molecule has 2 unspecified atom stereocenters. The van der Waals surface area contributed by atoms with Crippen LogP contribution >= 0.6 is 0 Å². The Morgan fingerprint density at radius 2 is 0.821 bits per heavy atom. The van der Waals surface area contributed by atoms with Crippen LogP contribution in [0.25, 0.3) is 22.3 Å². The summed E-state index contributed by atoms with van der Waals surface area (Å²) in [5.74, 6) is 0.00626. The molecule has 4 aromatic carbocycles. The number of carbonyl (C=O) groups excluding carboxylic acids is 4. The SMILES string of the molecule is O=C(CCCCCCCCCCC(=O)NCC1COC(=O)N1Cc1ccc(-c2ccccc2)cc1)NCC1COC(=O)N1Cc1ccc(-c2ccccc2)cc1. The van der Waals surface area contributed by atoms with Gasteiger partial charge in [0, 0.05) is 39.0 Å². The fraction of sp³-hybridized carbons (Fsp3) is 0.391. The number of hydrogen-bond donors (Lipinski definition) is 2. The monoisotopic (exact) mass is 758 g/mol. The minimum absolute atomic E-state index is 0.00313. The lowest BCUT2D eigenvalue weighted by Gasteiger charge is -2.22. The van der Waals surface area contributed by atoms with Crippen molar-refractivity contribution in [3.63, 3.8) is 0 Å². The third kappa shape index (κ3) is 11.9. The van der Waals surface area contributed by atoms with Crippen molar-refractivity contribution < 1.29 is 28.7 Å². The number of nitrogens with zero attached hydrogens (tertiary/aromatic N) is 2. The maximum absolute atomic E-state index is 12.5. The Morgan fingerprint density at radius 1 is 0.482 bits per heavy atom. The lowest BCUT2D eigenvalue weighted by Crippen LogP contribution is -2.42. The van der Waals surface area contributed by atoms with Gasteiger partial charge in [0.05, 0.1) is 12.1 Å². The summed E-state index contributed by atoms with van der Waals surface area (Å²) in [6, 6.07) is 36.3. The minimum atomic E-state index is -0.349. The van der Waals surface area contributed by atoms with Crippen molar-refractivity contribution in [1.29, 1.82) is 0 Å². The number of carbonyl (C=O) groups is 4. The zero-order chi connectivity index (χ0) is 39.0. The second-order valence-electron chi connectivity index (χ2n) is 14.8. The van der Waals surface area contributed by atoms with Crippen molar-refractivity contribution in [2.75, 3.05) is 26.3 Å². The molecule has 0 bridgehead atoms. The van der Waals surface area contributed by atoms with E-state index in [1.807, 2.05) is 60.7 Å². The van der Waals surface area contributed by atoms with E-state index in [1.165, 1.54) is 0 Å². The number of amides is 4. The molecule has 0 saturated carbocycles. The summed E-state index contributed by atoms with van der Waals surface area (Å²) in [5, 5.41) is 6.00. The van der Waals surface area contributed by atoms with Gasteiger partial charge in [-0.1, -0.05) is 148 Å². The second-order valence-corrected chi connectivity index (χ2v) is 14.8. The zero-order valence-corrected chi connectivity index (χ0v) is 32.2. The highest BCUT2D eigenvalue weighted by molar-refractivity contribution is 5.77. The number of unbranched alkanes of at least 4 members (excludes halogenated alkanes) is 7. The van der Waals surface area contributed by atoms with E-state index < -0.39 is 0 Å². The van der Waals surface area contributed by atoms with Crippen LogP contribution in [-0.2, 0) is 32.2 Å². The van der Waals surface area contributed by atoms with Crippen LogP contribution in [0.5, 0.6) is 0 Å². The molecular formula is C46H54N4O6. The van der Waals surface area contributed by atoms with Gasteiger partial charge in [-0.05, 0) is 46.2 Å². The summed E-state index contributed by atoms with van der Waals surface area (Å²) in [6.07, 6.45) is 8.26. The van der Waals surface area contributed by atoms with Crippen LogP contribution in [0.1, 0.15) is 75.3 Å². The molecule has 2 N–H and O–H groups in total. The molecule has 4 amide bonds. The van der Waals surface area contributed by atoms with Crippen molar-refractivity contribution in [2.24, 2.45) is 0 Å². The number of ether oxygens (including phenoxy) is 2. The molecule has 2 aliphatic rings. The average Bonchev–Trinajstić information content (AvgIpc) is 3.77. The molecule has 6 rings (SSSR count). The van der Waals surface area contributed by atoms with Crippen molar-refractivity contribution in [3.05, 3.63) is 120 Å². The van der Waals surface area contributed by atoms with Crippen LogP contribution in [0.15, 0.2) is 109 Å². The van der Waals surface area contributed by atoms with Gasteiger partial charge >= 0.3 is 12.2 Å². The third-order valence-electron chi connectivity index (χ3n) is 10.6. The molecule has 0 aromatic heterocycles. The standard InChI is InChI=1S/C46H54N4O6/c51-43(47-29-41-33-55-45(53)49(41)31-35-21-25-39(26-22-35)37-15-9-7-10-16-37)19-13-5-3-1-2-4-6-14-20-44(52)48-30-42-34-56-46(54)50(42)32-36-23-27-40(28-24-36)38-17-11-8-12-18-38/h7-12,15-18,21-28,41-42H,1-6,13-14,19-20,29-34H2,(H,47,51)(H,48,52). The molecule has 2 atom stereocenters. The third-order valence-corrected chi connectivity index (χ3v) is 10.6. The molecule has 2 heterocycles. The molecule has 10 heteroatoms. The molecule has 2 fully saturated rings. The Hall–Kier alpha value is -5.64. The summed E-state index contributed by atoms with van der Waals surface area (Å²) >= 11 is 0. The number of rotatable bonds is 21. The smallest absolute Gasteiger partial charge is 0.410 e. The normalized spacial score (nSPS) is 16.4. The van der Waals surface area contributed by atoms with E-state index in [2.05, 4.69) is 59.2 Å². The summed E-state index contributed by atoms with van der Waals surface area (Å²) in [6.45, 7) is 2.18. The van der Waals surface area contributed by atoms with Gasteiger partial charge in [-0.15, -0.1) is 0 Å². The molecule has 4 aromatic rings. The first-order valence-electron chi connectivity index (χ1n) is 20.1. The van der Waals surface area contributed by atoms with Crippen molar-refractivity contribution in [2.45, 2.75) is 89.4 Å². The predicted octanol–water partition coefficient (Wildman–Crippen LogP) is 8.50. The molecular weight excluding hydrogens is 705 g/mol. The van der Waals surface area contributed by atoms with E-state index in [1.54, 1.807) is 9.80 Å². The van der Waals surface area contributed by atoms with Crippen LogP contribution in [0.4, 0.5) is 9.59 Å². The Bertz CT molecular complexity index is 1720. The van der Waals surface area contributed by atoms with Gasteiger partial charge in [0.1, 0.15) is 13.2 Å². The van der Waals surface area contributed by atoms with Crippen LogP contribution in [-0.4, -0.2) is 72.2 Å². The van der Waals surface area contributed by atoms with Gasteiger partial charge in [0.25, 0.3) is 0 Å². The van der Waals surface area contributed by atoms with Crippen LogP contribution in [0.3, 0.4) is 0 Å². The van der Waals surface area contributed by atoms with Gasteiger partial charge in [0.15, 0.2) is 0 Å². The Balaban J connectivity index is 0.770. The lowest BCUT2D eigenvalue weighted by atomic mass is 10.0. The van der Waals surface area contributed by atoms with Crippen LogP contribution in [0, 0.1) is 0 Å². The molecule has 294 valence electrons. The molecule has 56 heavy (non-hydrogen) atoms. The van der Waals surface area contributed by atoms with Crippen molar-refractivity contribution >= 4 is 24.0 Å². The van der Waals surface area contributed by atoms with Gasteiger partial charge < -0.3 is 20.1 Å². The molecule has 2 aliphatic heterocycles. The van der Waals surface area contributed by atoms with Crippen LogP contribution in [0.2, 0.25) is 0 Å². The Kier molecular flexibility index (Phi) is 14.9. The fourth-order valence-corrected chi connectivity index (χ4v) is 7.24. The van der Waals surface area contributed by atoms with Gasteiger partial charge in [-0.2, -0.15) is 0 Å². The highest BCUT2D eigenvalue weighted by Gasteiger charge is 2.34. The van der Waals surface area contributed by atoms with Gasteiger partial charge in [-0.3, -0.25) is 19.4 Å². The molecule has 0 aliphatic carbocycles. The maximum atomic E-state index is 12.5. The topological polar surface area (TPSA) is 117 Å². The van der Waals surface area contributed by atoms with E-state index in [0.29, 0.717) is 39.0 Å². The van der Waals surface area contributed by atoms with E-state index in [4.69, 9.17) is 9.47 Å². The number of hydrogen-bond acceptors (Lipinski definition) is 6. The zero-order valence-electron chi connectivity index (χ0n) is 32.2. The highest BCUT2D eigenvalue weighted by atomic mass is 16.6. The van der Waals surface area contributed by atoms with E-state index in [0.717, 1.165) is 84.7 Å². The van der Waals surface area contributed by atoms with E-state index >= 15 is 0 Å². The van der Waals surface area contributed by atoms with Gasteiger partial charge in [0.2, 0.25) is 11.8 Å². The highest BCUT2D eigenvalue weighted by Crippen LogP contribution is 2.24. The summed E-state index contributed by atoms with van der Waals surface area (Å²) in [7, 11) is 0. The van der Waals surface area contributed by atoms with Crippen molar-refractivity contribution in [1.82, 2.24) is 20.4 Å². The lowest BCUT2D eigenvalue weighted by molar-refractivity contribution is -0.122. The van der Waals surface area contributed by atoms with E-state index in [-0.39, 0.29) is 49.3 Å². The minimum Gasteiger partial charge on any atom is -0.447 e. The van der Waals surface area contributed by atoms with Gasteiger partial charge in [-0.25, -0.2) is 9.59 Å². The molecule has 10 nitrogen and oxygen atoms in total. The number of cyclic esters (lactones) is 2. The molecule has 0 spiro atoms. The summed E-state index contributed by atoms with van der Waals surface area (Å²) in [5.41, 5.74) is 6.57. The largest absolute Gasteiger partial charge is 0.447 e. The quantitative estimate of drug-likeness (QED) is 0.0824. The maximum Gasteiger partial charge on any atom is 0.410 e. The first-order valence-corrected chi connectivity index (χ1v) is 20.1.